The van der Waals surface area contributed by atoms with E-state index < -0.39 is 0 Å². The smallest absolute Gasteiger partial charge is 0.203 e. The third-order valence-electron chi connectivity index (χ3n) is 3.65. The molecule has 0 aliphatic heterocycles. The SMILES string of the molecule is COc1cc(C)cc(OC)c1OCCCCc1ccccc1F. The van der Waals surface area contributed by atoms with Crippen molar-refractivity contribution in [1.29, 1.82) is 0 Å². The van der Waals surface area contributed by atoms with E-state index in [-0.39, 0.29) is 5.82 Å². The molecule has 0 aliphatic carbocycles. The Hall–Kier alpha value is -2.23. The lowest BCUT2D eigenvalue weighted by molar-refractivity contribution is 0.268. The van der Waals surface area contributed by atoms with Crippen LogP contribution in [0, 0.1) is 12.7 Å². The first-order chi connectivity index (χ1) is 11.2. The molecule has 3 nitrogen and oxygen atoms in total. The minimum absolute atomic E-state index is 0.143. The van der Waals surface area contributed by atoms with Crippen LogP contribution in [-0.2, 0) is 6.42 Å². The van der Waals surface area contributed by atoms with Crippen LogP contribution >= 0.6 is 0 Å². The van der Waals surface area contributed by atoms with Gasteiger partial charge in [-0.1, -0.05) is 18.2 Å². The van der Waals surface area contributed by atoms with E-state index >= 15 is 0 Å². The van der Waals surface area contributed by atoms with E-state index in [0.29, 0.717) is 30.3 Å². The van der Waals surface area contributed by atoms with Gasteiger partial charge in [-0.05, 0) is 55.5 Å². The zero-order valence-corrected chi connectivity index (χ0v) is 13.9. The van der Waals surface area contributed by atoms with Gasteiger partial charge in [-0.3, -0.25) is 0 Å². The number of aryl methyl sites for hydroxylation is 2. The first-order valence-corrected chi connectivity index (χ1v) is 7.74. The number of unbranched alkanes of at least 4 members (excludes halogenated alkanes) is 1. The Morgan fingerprint density at radius 2 is 1.61 bits per heavy atom. The molecule has 0 bridgehead atoms. The van der Waals surface area contributed by atoms with Gasteiger partial charge in [0.05, 0.1) is 20.8 Å². The fourth-order valence-electron chi connectivity index (χ4n) is 2.45. The van der Waals surface area contributed by atoms with Crippen LogP contribution in [0.15, 0.2) is 36.4 Å². The molecule has 0 radical (unpaired) electrons. The second kappa shape index (κ2) is 8.42. The number of hydrogen-bond acceptors (Lipinski definition) is 3. The largest absolute Gasteiger partial charge is 0.493 e. The first-order valence-electron chi connectivity index (χ1n) is 7.74. The van der Waals surface area contributed by atoms with E-state index in [1.807, 2.05) is 31.2 Å². The van der Waals surface area contributed by atoms with Gasteiger partial charge in [0.2, 0.25) is 5.75 Å². The van der Waals surface area contributed by atoms with E-state index in [2.05, 4.69) is 0 Å². The fourth-order valence-corrected chi connectivity index (χ4v) is 2.45. The molecule has 0 saturated carbocycles. The highest BCUT2D eigenvalue weighted by molar-refractivity contribution is 5.53. The molecule has 0 saturated heterocycles. The van der Waals surface area contributed by atoms with Crippen molar-refractivity contribution in [3.05, 3.63) is 53.3 Å². The Labute approximate surface area is 137 Å². The van der Waals surface area contributed by atoms with Crippen LogP contribution in [0.4, 0.5) is 4.39 Å². The molecule has 2 aromatic carbocycles. The van der Waals surface area contributed by atoms with Crippen LogP contribution < -0.4 is 14.2 Å². The van der Waals surface area contributed by atoms with Gasteiger partial charge in [0.25, 0.3) is 0 Å². The standard InChI is InChI=1S/C19H23FO3/c1-14-12-17(21-2)19(18(13-14)22-3)23-11-7-6-9-15-8-4-5-10-16(15)20/h4-5,8,10,12-13H,6-7,9,11H2,1-3H3. The van der Waals surface area contributed by atoms with Gasteiger partial charge in [-0.2, -0.15) is 0 Å². The second-order valence-corrected chi connectivity index (χ2v) is 5.40. The van der Waals surface area contributed by atoms with Crippen LogP contribution in [-0.4, -0.2) is 20.8 Å². The molecular weight excluding hydrogens is 295 g/mol. The molecule has 0 heterocycles. The maximum atomic E-state index is 13.5. The molecule has 0 aromatic heterocycles. The molecule has 0 atom stereocenters. The molecule has 124 valence electrons. The Balaban J connectivity index is 1.88. The Kier molecular flexibility index (Phi) is 6.27. The average Bonchev–Trinajstić information content (AvgIpc) is 2.56. The molecular formula is C19H23FO3. The van der Waals surface area contributed by atoms with Crippen molar-refractivity contribution in [2.75, 3.05) is 20.8 Å². The Bertz CT molecular complexity index is 615. The first kappa shape index (κ1) is 17.1. The summed E-state index contributed by atoms with van der Waals surface area (Å²) in [5.41, 5.74) is 1.79. The van der Waals surface area contributed by atoms with E-state index in [9.17, 15) is 4.39 Å². The van der Waals surface area contributed by atoms with Crippen LogP contribution in [0.2, 0.25) is 0 Å². The van der Waals surface area contributed by atoms with Crippen LogP contribution in [0.1, 0.15) is 24.0 Å². The lowest BCUT2D eigenvalue weighted by Gasteiger charge is -2.15. The number of halogens is 1. The quantitative estimate of drug-likeness (QED) is 0.668. The Morgan fingerprint density at radius 1 is 0.957 bits per heavy atom. The predicted molar refractivity (Wildman–Crippen MR) is 89.1 cm³/mol. The highest BCUT2D eigenvalue weighted by Gasteiger charge is 2.12. The summed E-state index contributed by atoms with van der Waals surface area (Å²) in [5, 5.41) is 0. The molecule has 0 unspecified atom stereocenters. The van der Waals surface area contributed by atoms with Crippen LogP contribution in [0.25, 0.3) is 0 Å². The van der Waals surface area contributed by atoms with Gasteiger partial charge >= 0.3 is 0 Å². The summed E-state index contributed by atoms with van der Waals surface area (Å²) < 4.78 is 30.1. The zero-order chi connectivity index (χ0) is 16.7. The minimum atomic E-state index is -0.143. The van der Waals surface area contributed by atoms with Crippen molar-refractivity contribution in [3.63, 3.8) is 0 Å². The highest BCUT2D eigenvalue weighted by Crippen LogP contribution is 2.38. The number of hydrogen-bond donors (Lipinski definition) is 0. The van der Waals surface area contributed by atoms with Gasteiger partial charge < -0.3 is 14.2 Å². The lowest BCUT2D eigenvalue weighted by Crippen LogP contribution is -2.03. The summed E-state index contributed by atoms with van der Waals surface area (Å²) in [7, 11) is 3.22. The maximum absolute atomic E-state index is 13.5. The topological polar surface area (TPSA) is 27.7 Å². The summed E-state index contributed by atoms with van der Waals surface area (Å²) >= 11 is 0. The maximum Gasteiger partial charge on any atom is 0.203 e. The average molecular weight is 318 g/mol. The van der Waals surface area contributed by atoms with Gasteiger partial charge in [-0.15, -0.1) is 0 Å². The van der Waals surface area contributed by atoms with E-state index in [4.69, 9.17) is 14.2 Å². The molecule has 4 heteroatoms. The van der Waals surface area contributed by atoms with Gasteiger partial charge in [0.1, 0.15) is 5.82 Å². The van der Waals surface area contributed by atoms with Crippen LogP contribution in [0.5, 0.6) is 17.2 Å². The number of ether oxygens (including phenoxy) is 3. The number of benzene rings is 2. The van der Waals surface area contributed by atoms with Crippen LogP contribution in [0.3, 0.4) is 0 Å². The number of rotatable bonds is 8. The summed E-state index contributed by atoms with van der Waals surface area (Å²) in [6.45, 7) is 2.51. The van der Waals surface area contributed by atoms with E-state index in [0.717, 1.165) is 24.0 Å². The Morgan fingerprint density at radius 3 is 2.22 bits per heavy atom. The predicted octanol–water partition coefficient (Wildman–Crippen LogP) is 4.55. The summed E-state index contributed by atoms with van der Waals surface area (Å²) in [5.74, 6) is 1.80. The molecule has 0 amide bonds. The van der Waals surface area contributed by atoms with Crippen molar-refractivity contribution in [2.45, 2.75) is 26.2 Å². The third-order valence-corrected chi connectivity index (χ3v) is 3.65. The minimum Gasteiger partial charge on any atom is -0.493 e. The van der Waals surface area contributed by atoms with Crippen molar-refractivity contribution in [3.8, 4) is 17.2 Å². The fraction of sp³-hybridized carbons (Fsp3) is 0.368. The molecule has 23 heavy (non-hydrogen) atoms. The second-order valence-electron chi connectivity index (χ2n) is 5.40. The summed E-state index contributed by atoms with van der Waals surface area (Å²) in [6, 6.07) is 10.7. The molecule has 0 aliphatic rings. The molecule has 0 spiro atoms. The zero-order valence-electron chi connectivity index (χ0n) is 13.9. The van der Waals surface area contributed by atoms with Gasteiger partial charge in [-0.25, -0.2) is 4.39 Å². The lowest BCUT2D eigenvalue weighted by atomic mass is 10.1. The van der Waals surface area contributed by atoms with Crippen molar-refractivity contribution >= 4 is 0 Å². The molecule has 0 fully saturated rings. The monoisotopic (exact) mass is 318 g/mol. The molecule has 2 rings (SSSR count). The summed E-state index contributed by atoms with van der Waals surface area (Å²) in [4.78, 5) is 0. The van der Waals surface area contributed by atoms with Gasteiger partial charge in [0.15, 0.2) is 11.5 Å². The molecule has 2 aromatic rings. The van der Waals surface area contributed by atoms with Gasteiger partial charge in [0, 0.05) is 0 Å². The number of methoxy groups -OCH3 is 2. The highest BCUT2D eigenvalue weighted by atomic mass is 19.1. The molecule has 0 N–H and O–H groups in total. The summed E-state index contributed by atoms with van der Waals surface area (Å²) in [6.07, 6.45) is 2.39. The van der Waals surface area contributed by atoms with E-state index in [1.165, 1.54) is 6.07 Å². The van der Waals surface area contributed by atoms with Crippen molar-refractivity contribution < 1.29 is 18.6 Å². The van der Waals surface area contributed by atoms with Crippen molar-refractivity contribution in [1.82, 2.24) is 0 Å². The normalized spacial score (nSPS) is 10.4. The van der Waals surface area contributed by atoms with E-state index in [1.54, 1.807) is 20.3 Å². The van der Waals surface area contributed by atoms with Crippen molar-refractivity contribution in [2.24, 2.45) is 0 Å². The third kappa shape index (κ3) is 4.62.